The van der Waals surface area contributed by atoms with Crippen molar-refractivity contribution in [3.63, 3.8) is 0 Å². The van der Waals surface area contributed by atoms with Gasteiger partial charge in [-0.1, -0.05) is 0 Å². The predicted molar refractivity (Wildman–Crippen MR) is 64.3 cm³/mol. The molecule has 100 valence electrons. The zero-order valence-corrected chi connectivity index (χ0v) is 10.2. The molecule has 2 rings (SSSR count). The van der Waals surface area contributed by atoms with Gasteiger partial charge < -0.3 is 19.4 Å². The van der Waals surface area contributed by atoms with Gasteiger partial charge in [0.2, 0.25) is 0 Å². The molecule has 0 fully saturated rings. The summed E-state index contributed by atoms with van der Waals surface area (Å²) in [6, 6.07) is 3.06. The summed E-state index contributed by atoms with van der Waals surface area (Å²) in [4.78, 5) is 26.8. The van der Waals surface area contributed by atoms with Crippen LogP contribution in [0.15, 0.2) is 18.3 Å². The van der Waals surface area contributed by atoms with Crippen LogP contribution >= 0.6 is 0 Å². The molecule has 0 radical (unpaired) electrons. The molecule has 0 saturated heterocycles. The molecule has 2 heterocycles. The minimum atomic E-state index is -1.24. The highest BCUT2D eigenvalue weighted by atomic mass is 16.5. The number of carboxylic acids is 1. The van der Waals surface area contributed by atoms with Crippen LogP contribution in [0, 0.1) is 0 Å². The van der Waals surface area contributed by atoms with E-state index in [-0.39, 0.29) is 29.8 Å². The van der Waals surface area contributed by atoms with Crippen molar-refractivity contribution in [3.8, 4) is 0 Å². The Morgan fingerprint density at radius 3 is 2.79 bits per heavy atom. The monoisotopic (exact) mass is 264 g/mol. The summed E-state index contributed by atoms with van der Waals surface area (Å²) in [6.07, 6.45) is 1.78. The molecular weight excluding hydrogens is 252 g/mol. The summed E-state index contributed by atoms with van der Waals surface area (Å²) in [7, 11) is 1.22. The maximum atomic E-state index is 11.7. The average Bonchev–Trinajstić information content (AvgIpc) is 2.77. The Morgan fingerprint density at radius 1 is 1.47 bits per heavy atom. The van der Waals surface area contributed by atoms with Crippen LogP contribution in [0.4, 0.5) is 0 Å². The van der Waals surface area contributed by atoms with Crippen molar-refractivity contribution in [2.45, 2.75) is 6.42 Å². The fourth-order valence-electron chi connectivity index (χ4n) is 1.90. The molecule has 2 N–H and O–H groups in total. The molecule has 0 amide bonds. The van der Waals surface area contributed by atoms with Gasteiger partial charge in [-0.25, -0.2) is 14.6 Å². The van der Waals surface area contributed by atoms with Crippen molar-refractivity contribution in [1.82, 2.24) is 9.38 Å². The number of carbonyl (C=O) groups is 2. The summed E-state index contributed by atoms with van der Waals surface area (Å²) in [5.74, 6) is -1.50. The van der Waals surface area contributed by atoms with E-state index in [4.69, 9.17) is 10.2 Å². The van der Waals surface area contributed by atoms with E-state index < -0.39 is 11.9 Å². The van der Waals surface area contributed by atoms with Crippen LogP contribution < -0.4 is 0 Å². The first kappa shape index (κ1) is 13.0. The Bertz CT molecular complexity index is 647. The predicted octanol–water partition coefficient (Wildman–Crippen LogP) is 0.354. The van der Waals surface area contributed by atoms with Gasteiger partial charge in [0.1, 0.15) is 5.82 Å². The van der Waals surface area contributed by atoms with Crippen molar-refractivity contribution in [2.75, 3.05) is 13.7 Å². The smallest absolute Gasteiger partial charge is 0.356 e. The standard InChI is InChI=1S/C12H12N2O5/c1-19-12(18)7-3-2-5-14-8(4-6-15)13-9(10(7)14)11(16)17/h2-3,5,15H,4,6H2,1H3,(H,16,17). The molecule has 0 spiro atoms. The maximum Gasteiger partial charge on any atom is 0.356 e. The second-order valence-electron chi connectivity index (χ2n) is 3.79. The highest BCUT2D eigenvalue weighted by Gasteiger charge is 2.22. The Labute approximate surface area is 108 Å². The first-order valence-corrected chi connectivity index (χ1v) is 5.52. The number of fused-ring (bicyclic) bond motifs is 1. The quantitative estimate of drug-likeness (QED) is 0.773. The number of pyridine rings is 1. The number of esters is 1. The number of aliphatic hydroxyl groups is 1. The van der Waals surface area contributed by atoms with E-state index >= 15 is 0 Å². The van der Waals surface area contributed by atoms with Gasteiger partial charge in [0.05, 0.1) is 24.8 Å². The molecule has 0 atom stereocenters. The van der Waals surface area contributed by atoms with Gasteiger partial charge in [0.15, 0.2) is 5.69 Å². The van der Waals surface area contributed by atoms with E-state index in [1.807, 2.05) is 0 Å². The summed E-state index contributed by atoms with van der Waals surface area (Å²) in [5.41, 5.74) is 0.0637. The molecule has 0 aromatic carbocycles. The molecule has 0 aliphatic carbocycles. The molecule has 2 aromatic heterocycles. The van der Waals surface area contributed by atoms with E-state index in [1.165, 1.54) is 17.6 Å². The Kier molecular flexibility index (Phi) is 3.48. The fraction of sp³-hybridized carbons (Fsp3) is 0.250. The number of carbonyl (C=O) groups excluding carboxylic acids is 1. The van der Waals surface area contributed by atoms with E-state index in [1.54, 1.807) is 12.3 Å². The molecule has 7 nitrogen and oxygen atoms in total. The lowest BCUT2D eigenvalue weighted by molar-refractivity contribution is 0.0602. The molecule has 19 heavy (non-hydrogen) atoms. The molecule has 0 aliphatic heterocycles. The topological polar surface area (TPSA) is 101 Å². The van der Waals surface area contributed by atoms with Gasteiger partial charge in [-0.3, -0.25) is 0 Å². The van der Waals surface area contributed by atoms with Gasteiger partial charge >= 0.3 is 11.9 Å². The number of ether oxygens (including phenoxy) is 1. The zero-order valence-electron chi connectivity index (χ0n) is 10.2. The third-order valence-corrected chi connectivity index (χ3v) is 2.68. The van der Waals surface area contributed by atoms with Crippen molar-refractivity contribution in [1.29, 1.82) is 0 Å². The lowest BCUT2D eigenvalue weighted by Crippen LogP contribution is -2.07. The van der Waals surface area contributed by atoms with Crippen LogP contribution in [-0.4, -0.2) is 45.3 Å². The number of carboxylic acid groups (broad SMARTS) is 1. The number of nitrogens with zero attached hydrogens (tertiary/aromatic N) is 2. The Balaban J connectivity index is 2.78. The minimum absolute atomic E-state index is 0.124. The van der Waals surface area contributed by atoms with E-state index in [0.717, 1.165) is 0 Å². The number of hydrogen-bond donors (Lipinski definition) is 2. The van der Waals surface area contributed by atoms with E-state index in [9.17, 15) is 9.59 Å². The highest BCUT2D eigenvalue weighted by molar-refractivity contribution is 6.04. The van der Waals surface area contributed by atoms with Gasteiger partial charge in [-0.05, 0) is 12.1 Å². The first-order chi connectivity index (χ1) is 9.10. The van der Waals surface area contributed by atoms with Crippen LogP contribution in [0.1, 0.15) is 26.7 Å². The second-order valence-corrected chi connectivity index (χ2v) is 3.79. The highest BCUT2D eigenvalue weighted by Crippen LogP contribution is 2.19. The maximum absolute atomic E-state index is 11.7. The van der Waals surface area contributed by atoms with Crippen molar-refractivity contribution in [3.05, 3.63) is 35.4 Å². The fourth-order valence-corrected chi connectivity index (χ4v) is 1.90. The van der Waals surface area contributed by atoms with E-state index in [0.29, 0.717) is 5.82 Å². The second kappa shape index (κ2) is 5.07. The average molecular weight is 264 g/mol. The van der Waals surface area contributed by atoms with Crippen molar-refractivity contribution >= 4 is 17.5 Å². The number of methoxy groups -OCH3 is 1. The summed E-state index contributed by atoms with van der Waals surface area (Å²) < 4.78 is 6.10. The molecular formula is C12H12N2O5. The first-order valence-electron chi connectivity index (χ1n) is 5.52. The Hall–Kier alpha value is -2.41. The lowest BCUT2D eigenvalue weighted by Gasteiger charge is -2.04. The summed E-state index contributed by atoms with van der Waals surface area (Å²) >= 11 is 0. The zero-order chi connectivity index (χ0) is 14.0. The summed E-state index contributed by atoms with van der Waals surface area (Å²) in [6.45, 7) is -0.166. The number of imidazole rings is 1. The van der Waals surface area contributed by atoms with Crippen LogP contribution in [-0.2, 0) is 11.2 Å². The van der Waals surface area contributed by atoms with E-state index in [2.05, 4.69) is 9.72 Å². The van der Waals surface area contributed by atoms with Crippen LogP contribution in [0.5, 0.6) is 0 Å². The SMILES string of the molecule is COC(=O)c1cccn2c(CCO)nc(C(=O)O)c12. The molecule has 2 aromatic rings. The van der Waals surface area contributed by atoms with Gasteiger partial charge in [-0.2, -0.15) is 0 Å². The summed E-state index contributed by atoms with van der Waals surface area (Å²) in [5, 5.41) is 18.1. The lowest BCUT2D eigenvalue weighted by atomic mass is 10.2. The number of aromatic carboxylic acids is 1. The van der Waals surface area contributed by atoms with Crippen molar-refractivity contribution < 1.29 is 24.5 Å². The molecule has 0 saturated carbocycles. The van der Waals surface area contributed by atoms with Gasteiger partial charge in [-0.15, -0.1) is 0 Å². The van der Waals surface area contributed by atoms with Crippen LogP contribution in [0.3, 0.4) is 0 Å². The third kappa shape index (κ3) is 2.15. The number of aromatic nitrogens is 2. The number of hydrogen-bond acceptors (Lipinski definition) is 5. The largest absolute Gasteiger partial charge is 0.476 e. The number of aliphatic hydroxyl groups excluding tert-OH is 1. The molecule has 0 unspecified atom stereocenters. The normalized spacial score (nSPS) is 10.6. The van der Waals surface area contributed by atoms with Gasteiger partial charge in [0.25, 0.3) is 0 Å². The van der Waals surface area contributed by atoms with Crippen molar-refractivity contribution in [2.24, 2.45) is 0 Å². The number of rotatable bonds is 4. The minimum Gasteiger partial charge on any atom is -0.476 e. The molecule has 0 bridgehead atoms. The van der Waals surface area contributed by atoms with Crippen LogP contribution in [0.2, 0.25) is 0 Å². The molecule has 7 heteroatoms. The van der Waals surface area contributed by atoms with Gasteiger partial charge in [0, 0.05) is 12.6 Å². The Morgan fingerprint density at radius 2 is 2.21 bits per heavy atom. The molecule has 0 aliphatic rings. The third-order valence-electron chi connectivity index (χ3n) is 2.68. The van der Waals surface area contributed by atoms with Crippen LogP contribution in [0.25, 0.3) is 5.52 Å².